The lowest BCUT2D eigenvalue weighted by Crippen LogP contribution is -2.14. The van der Waals surface area contributed by atoms with Crippen molar-refractivity contribution in [2.75, 3.05) is 6.61 Å². The van der Waals surface area contributed by atoms with Crippen LogP contribution >= 0.6 is 23.2 Å². The molecule has 1 rings (SSSR count). The topological polar surface area (TPSA) is 114 Å². The Morgan fingerprint density at radius 1 is 1.52 bits per heavy atom. The van der Waals surface area contributed by atoms with Crippen LogP contribution in [0.15, 0.2) is 23.6 Å². The Bertz CT molecular complexity index is 641. The SMILES string of the molecule is CC(=O)OCC(=O)OC(=CN=[N+]=[N-])c1cnc(Cl)c(Cl)c1. The second-order valence-electron chi connectivity index (χ2n) is 3.45. The number of pyridine rings is 1. The third-order valence-electron chi connectivity index (χ3n) is 1.92. The van der Waals surface area contributed by atoms with Crippen LogP contribution in [0.4, 0.5) is 0 Å². The number of hydrogen-bond acceptors (Lipinski definition) is 6. The van der Waals surface area contributed by atoms with E-state index in [1.54, 1.807) is 0 Å². The maximum Gasteiger partial charge on any atom is 0.349 e. The molecule has 0 amide bonds. The van der Waals surface area contributed by atoms with Gasteiger partial charge in [-0.25, -0.2) is 9.78 Å². The van der Waals surface area contributed by atoms with Crippen LogP contribution in [0.25, 0.3) is 16.2 Å². The summed E-state index contributed by atoms with van der Waals surface area (Å²) in [5.41, 5.74) is 8.57. The maximum absolute atomic E-state index is 11.5. The third kappa shape index (κ3) is 5.70. The van der Waals surface area contributed by atoms with E-state index in [1.165, 1.54) is 12.3 Å². The van der Waals surface area contributed by atoms with Crippen molar-refractivity contribution >= 4 is 40.9 Å². The van der Waals surface area contributed by atoms with E-state index in [9.17, 15) is 9.59 Å². The molecule has 1 aromatic rings. The number of carbonyl (C=O) groups excluding carboxylic acids is 2. The molecule has 10 heteroatoms. The summed E-state index contributed by atoms with van der Waals surface area (Å²) >= 11 is 11.5. The third-order valence-corrected chi connectivity index (χ3v) is 2.61. The Morgan fingerprint density at radius 2 is 2.24 bits per heavy atom. The van der Waals surface area contributed by atoms with Crippen LogP contribution in [0.1, 0.15) is 12.5 Å². The van der Waals surface area contributed by atoms with Crippen molar-refractivity contribution in [1.82, 2.24) is 4.98 Å². The molecule has 0 aromatic carbocycles. The highest BCUT2D eigenvalue weighted by Gasteiger charge is 2.13. The van der Waals surface area contributed by atoms with Gasteiger partial charge in [0.05, 0.1) is 5.02 Å². The molecular formula is C11H8Cl2N4O4. The predicted octanol–water partition coefficient (Wildman–Crippen LogP) is 3.10. The molecule has 0 aliphatic rings. The van der Waals surface area contributed by atoms with E-state index < -0.39 is 18.5 Å². The molecule has 0 saturated carbocycles. The zero-order chi connectivity index (χ0) is 15.8. The number of carbonyl (C=O) groups is 2. The van der Waals surface area contributed by atoms with Gasteiger partial charge in [-0.1, -0.05) is 28.3 Å². The fourth-order valence-corrected chi connectivity index (χ4v) is 1.38. The Labute approximate surface area is 128 Å². The van der Waals surface area contributed by atoms with Crippen molar-refractivity contribution in [3.05, 3.63) is 44.6 Å². The zero-order valence-corrected chi connectivity index (χ0v) is 12.1. The summed E-state index contributed by atoms with van der Waals surface area (Å²) < 4.78 is 9.40. The van der Waals surface area contributed by atoms with E-state index in [2.05, 4.69) is 19.7 Å². The van der Waals surface area contributed by atoms with E-state index >= 15 is 0 Å². The van der Waals surface area contributed by atoms with Gasteiger partial charge in [-0.15, -0.1) is 0 Å². The minimum atomic E-state index is -0.865. The summed E-state index contributed by atoms with van der Waals surface area (Å²) in [6, 6.07) is 1.37. The van der Waals surface area contributed by atoms with Gasteiger partial charge in [0, 0.05) is 29.8 Å². The first-order valence-electron chi connectivity index (χ1n) is 5.34. The number of esters is 2. The van der Waals surface area contributed by atoms with Crippen molar-refractivity contribution in [2.24, 2.45) is 5.11 Å². The number of aromatic nitrogens is 1. The number of rotatable bonds is 5. The van der Waals surface area contributed by atoms with E-state index in [4.69, 9.17) is 33.5 Å². The summed E-state index contributed by atoms with van der Waals surface area (Å²) in [7, 11) is 0. The predicted molar refractivity (Wildman–Crippen MR) is 74.1 cm³/mol. The average molecular weight is 331 g/mol. The molecular weight excluding hydrogens is 323 g/mol. The molecule has 1 heterocycles. The second-order valence-corrected chi connectivity index (χ2v) is 4.21. The zero-order valence-electron chi connectivity index (χ0n) is 10.6. The maximum atomic E-state index is 11.5. The Hall–Kier alpha value is -2.28. The highest BCUT2D eigenvalue weighted by molar-refractivity contribution is 6.41. The largest absolute Gasteiger partial charge is 0.454 e. The monoisotopic (exact) mass is 330 g/mol. The average Bonchev–Trinajstić information content (AvgIpc) is 2.44. The molecule has 110 valence electrons. The van der Waals surface area contributed by atoms with Crippen LogP contribution in [-0.2, 0) is 19.1 Å². The van der Waals surface area contributed by atoms with Crippen LogP contribution in [0.2, 0.25) is 10.2 Å². The molecule has 0 saturated heterocycles. The Morgan fingerprint density at radius 3 is 2.81 bits per heavy atom. The minimum absolute atomic E-state index is 0.0646. The number of halogens is 2. The van der Waals surface area contributed by atoms with Gasteiger partial charge >= 0.3 is 11.9 Å². The Balaban J connectivity index is 2.96. The molecule has 0 unspecified atom stereocenters. The number of hydrogen-bond donors (Lipinski definition) is 0. The molecule has 0 aliphatic carbocycles. The molecule has 8 nitrogen and oxygen atoms in total. The normalized spacial score (nSPS) is 10.5. The van der Waals surface area contributed by atoms with Gasteiger partial charge in [-0.2, -0.15) is 0 Å². The molecule has 0 atom stereocenters. The van der Waals surface area contributed by atoms with Crippen molar-refractivity contribution in [2.45, 2.75) is 6.92 Å². The summed E-state index contributed by atoms with van der Waals surface area (Å²) in [6.07, 6.45) is 2.22. The number of azide groups is 1. The Kier molecular flexibility index (Phi) is 6.48. The first kappa shape index (κ1) is 16.8. The molecule has 0 radical (unpaired) electrons. The standard InChI is InChI=1S/C11H8Cl2N4O4/c1-6(18)20-5-10(19)21-9(4-16-17-14)7-2-8(12)11(13)15-3-7/h2-4H,5H2,1H3. The lowest BCUT2D eigenvalue weighted by Gasteiger charge is -2.08. The van der Waals surface area contributed by atoms with Crippen molar-refractivity contribution in [1.29, 1.82) is 0 Å². The smallest absolute Gasteiger partial charge is 0.349 e. The molecule has 0 bridgehead atoms. The molecule has 0 aliphatic heterocycles. The van der Waals surface area contributed by atoms with Crippen LogP contribution in [-0.4, -0.2) is 23.5 Å². The fourth-order valence-electron chi connectivity index (χ4n) is 1.11. The quantitative estimate of drug-likeness (QED) is 0.205. The molecule has 0 N–H and O–H groups in total. The van der Waals surface area contributed by atoms with E-state index in [1.807, 2.05) is 0 Å². The highest BCUT2D eigenvalue weighted by Crippen LogP contribution is 2.24. The van der Waals surface area contributed by atoms with Gasteiger partial charge in [0.25, 0.3) is 0 Å². The van der Waals surface area contributed by atoms with Gasteiger partial charge in [0.15, 0.2) is 6.61 Å². The first-order valence-corrected chi connectivity index (χ1v) is 6.09. The summed E-state index contributed by atoms with van der Waals surface area (Å²) in [4.78, 5) is 28.4. The van der Waals surface area contributed by atoms with Crippen molar-refractivity contribution in [3.63, 3.8) is 0 Å². The molecule has 1 aromatic heterocycles. The second kappa shape index (κ2) is 8.11. The van der Waals surface area contributed by atoms with Crippen LogP contribution < -0.4 is 0 Å². The summed E-state index contributed by atoms with van der Waals surface area (Å²) in [5.74, 6) is -1.62. The number of nitrogens with zero attached hydrogens (tertiary/aromatic N) is 4. The van der Waals surface area contributed by atoms with Gasteiger partial charge in [0.1, 0.15) is 10.9 Å². The van der Waals surface area contributed by atoms with Crippen LogP contribution in [0.5, 0.6) is 0 Å². The van der Waals surface area contributed by atoms with Gasteiger partial charge in [0.2, 0.25) is 0 Å². The van der Waals surface area contributed by atoms with E-state index in [0.717, 1.165) is 13.1 Å². The van der Waals surface area contributed by atoms with Gasteiger partial charge < -0.3 is 9.47 Å². The lowest BCUT2D eigenvalue weighted by atomic mass is 10.2. The van der Waals surface area contributed by atoms with Crippen molar-refractivity contribution < 1.29 is 19.1 Å². The lowest BCUT2D eigenvalue weighted by molar-refractivity contribution is -0.153. The molecule has 0 spiro atoms. The van der Waals surface area contributed by atoms with Crippen LogP contribution in [0, 0.1) is 0 Å². The molecule has 21 heavy (non-hydrogen) atoms. The minimum Gasteiger partial charge on any atom is -0.454 e. The van der Waals surface area contributed by atoms with Crippen LogP contribution in [0.3, 0.4) is 0 Å². The van der Waals surface area contributed by atoms with Gasteiger partial charge in [-0.3, -0.25) is 4.79 Å². The molecule has 0 fully saturated rings. The van der Waals surface area contributed by atoms with E-state index in [0.29, 0.717) is 0 Å². The van der Waals surface area contributed by atoms with E-state index in [-0.39, 0.29) is 21.5 Å². The van der Waals surface area contributed by atoms with Crippen molar-refractivity contribution in [3.8, 4) is 0 Å². The first-order chi connectivity index (χ1) is 9.93. The van der Waals surface area contributed by atoms with Gasteiger partial charge in [-0.05, 0) is 11.6 Å². The summed E-state index contributed by atoms with van der Waals surface area (Å²) in [5, 5.41) is 3.37. The number of ether oxygens (including phenoxy) is 2. The highest BCUT2D eigenvalue weighted by atomic mass is 35.5. The summed E-state index contributed by atoms with van der Waals surface area (Å²) in [6.45, 7) is 0.560. The fraction of sp³-hybridized carbons (Fsp3) is 0.182.